The smallest absolute Gasteiger partial charge is 0.207 e. The predicted molar refractivity (Wildman–Crippen MR) is 64.3 cm³/mol. The Morgan fingerprint density at radius 1 is 1.39 bits per heavy atom. The number of nitrogens with zero attached hydrogens (tertiary/aromatic N) is 2. The van der Waals surface area contributed by atoms with Gasteiger partial charge in [0.1, 0.15) is 17.1 Å². The average Bonchev–Trinajstić information content (AvgIpc) is 2.82. The van der Waals surface area contributed by atoms with Crippen molar-refractivity contribution in [3.05, 3.63) is 40.9 Å². The number of anilines is 1. The Hall–Kier alpha value is -1.60. The van der Waals surface area contributed by atoms with Crippen molar-refractivity contribution in [1.82, 2.24) is 10.2 Å². The van der Waals surface area contributed by atoms with Crippen LogP contribution in [0.4, 0.5) is 13.9 Å². The second-order valence-electron chi connectivity index (χ2n) is 3.36. The van der Waals surface area contributed by atoms with Crippen molar-refractivity contribution in [2.45, 2.75) is 13.2 Å². The lowest BCUT2D eigenvalue weighted by Crippen LogP contribution is -2.17. The lowest BCUT2D eigenvalue weighted by Gasteiger charge is -2.19. The first-order valence-electron chi connectivity index (χ1n) is 5.30. The fraction of sp³-hybridized carbons (Fsp3) is 0.273. The topological polar surface area (TPSA) is 47.0 Å². The number of aromatic nitrogens is 2. The number of hydrogen-bond donors (Lipinski definition) is 1. The third-order valence-electron chi connectivity index (χ3n) is 2.21. The fourth-order valence-corrected chi connectivity index (χ4v) is 1.94. The summed E-state index contributed by atoms with van der Waals surface area (Å²) in [7, 11) is 0. The molecule has 2 rings (SSSR count). The zero-order valence-electron chi connectivity index (χ0n) is 9.56. The zero-order valence-corrected chi connectivity index (χ0v) is 10.4. The molecule has 0 aliphatic carbocycles. The van der Waals surface area contributed by atoms with Gasteiger partial charge in [-0.05, 0) is 19.1 Å². The summed E-state index contributed by atoms with van der Waals surface area (Å²) >= 11 is 1.23. The number of ether oxygens (including phenoxy) is 1. The summed E-state index contributed by atoms with van der Waals surface area (Å²) < 4.78 is 32.6. The standard InChI is InChI=1S/C11H11F2N3OS/c1-2-17-10(15-11-16-14-6-18-11)9-7(12)4-3-5-8(9)13/h3-6,10H,2H2,1H3,(H,15,16). The minimum Gasteiger partial charge on any atom is -0.354 e. The van der Waals surface area contributed by atoms with E-state index in [1.165, 1.54) is 35.0 Å². The molecule has 96 valence electrons. The van der Waals surface area contributed by atoms with Gasteiger partial charge in [-0.25, -0.2) is 8.78 Å². The molecule has 1 N–H and O–H groups in total. The molecular weight excluding hydrogens is 260 g/mol. The first-order chi connectivity index (χ1) is 8.72. The number of rotatable bonds is 5. The van der Waals surface area contributed by atoms with Gasteiger partial charge in [0, 0.05) is 6.61 Å². The lowest BCUT2D eigenvalue weighted by atomic mass is 10.1. The van der Waals surface area contributed by atoms with E-state index in [1.54, 1.807) is 6.92 Å². The Kier molecular flexibility index (Phi) is 4.16. The van der Waals surface area contributed by atoms with Gasteiger partial charge in [-0.3, -0.25) is 0 Å². The quantitative estimate of drug-likeness (QED) is 0.849. The van der Waals surface area contributed by atoms with Crippen LogP contribution in [0.15, 0.2) is 23.7 Å². The van der Waals surface area contributed by atoms with Gasteiger partial charge in [0.05, 0.1) is 5.56 Å². The van der Waals surface area contributed by atoms with Crippen molar-refractivity contribution in [1.29, 1.82) is 0 Å². The Morgan fingerprint density at radius 2 is 2.11 bits per heavy atom. The normalized spacial score (nSPS) is 12.4. The molecule has 7 heteroatoms. The van der Waals surface area contributed by atoms with Gasteiger partial charge < -0.3 is 10.1 Å². The number of hydrogen-bond acceptors (Lipinski definition) is 5. The second kappa shape index (κ2) is 5.83. The highest BCUT2D eigenvalue weighted by atomic mass is 32.1. The maximum absolute atomic E-state index is 13.7. The second-order valence-corrected chi connectivity index (χ2v) is 4.19. The summed E-state index contributed by atoms with van der Waals surface area (Å²) in [4.78, 5) is 0. The maximum Gasteiger partial charge on any atom is 0.207 e. The van der Waals surface area contributed by atoms with Gasteiger partial charge in [0.25, 0.3) is 0 Å². The molecule has 2 aromatic rings. The van der Waals surface area contributed by atoms with E-state index in [4.69, 9.17) is 4.74 Å². The molecule has 0 aliphatic heterocycles. The highest BCUT2D eigenvalue weighted by Crippen LogP contribution is 2.26. The molecule has 0 bridgehead atoms. The maximum atomic E-state index is 13.7. The predicted octanol–water partition coefficient (Wildman–Crippen LogP) is 2.96. The fourth-order valence-electron chi connectivity index (χ4n) is 1.47. The number of halogens is 2. The van der Waals surface area contributed by atoms with E-state index in [0.29, 0.717) is 11.7 Å². The molecule has 1 unspecified atom stereocenters. The van der Waals surface area contributed by atoms with E-state index in [1.807, 2.05) is 0 Å². The Balaban J connectivity index is 2.29. The Labute approximate surface area is 107 Å². The minimum atomic E-state index is -0.927. The van der Waals surface area contributed by atoms with Crippen LogP contribution in [0, 0.1) is 11.6 Å². The molecule has 0 saturated carbocycles. The molecule has 0 amide bonds. The number of benzene rings is 1. The van der Waals surface area contributed by atoms with Gasteiger partial charge in [0.2, 0.25) is 5.13 Å². The van der Waals surface area contributed by atoms with E-state index >= 15 is 0 Å². The van der Waals surface area contributed by atoms with Crippen LogP contribution in [-0.4, -0.2) is 16.8 Å². The van der Waals surface area contributed by atoms with Gasteiger partial charge in [0.15, 0.2) is 6.23 Å². The molecule has 1 atom stereocenters. The molecule has 1 aromatic carbocycles. The number of nitrogens with one attached hydrogen (secondary N) is 1. The van der Waals surface area contributed by atoms with Crippen molar-refractivity contribution in [3.63, 3.8) is 0 Å². The molecule has 0 aliphatic rings. The first-order valence-corrected chi connectivity index (χ1v) is 6.18. The van der Waals surface area contributed by atoms with Crippen LogP contribution >= 0.6 is 11.3 Å². The highest BCUT2D eigenvalue weighted by Gasteiger charge is 2.21. The molecule has 1 aromatic heterocycles. The van der Waals surface area contributed by atoms with Crippen LogP contribution < -0.4 is 5.32 Å². The van der Waals surface area contributed by atoms with E-state index in [2.05, 4.69) is 15.5 Å². The van der Waals surface area contributed by atoms with Crippen LogP contribution in [-0.2, 0) is 4.74 Å². The van der Waals surface area contributed by atoms with E-state index in [0.717, 1.165) is 0 Å². The third-order valence-corrected chi connectivity index (χ3v) is 2.83. The molecular formula is C11H11F2N3OS. The highest BCUT2D eigenvalue weighted by molar-refractivity contribution is 7.13. The van der Waals surface area contributed by atoms with Crippen LogP contribution in [0.1, 0.15) is 18.7 Å². The summed E-state index contributed by atoms with van der Waals surface area (Å²) in [5.74, 6) is -1.32. The summed E-state index contributed by atoms with van der Waals surface area (Å²) in [6, 6.07) is 3.68. The summed E-state index contributed by atoms with van der Waals surface area (Å²) in [6.07, 6.45) is -0.927. The molecule has 0 fully saturated rings. The van der Waals surface area contributed by atoms with Crippen LogP contribution in [0.2, 0.25) is 0 Å². The molecule has 0 radical (unpaired) electrons. The lowest BCUT2D eigenvalue weighted by molar-refractivity contribution is 0.0774. The van der Waals surface area contributed by atoms with Crippen molar-refractivity contribution < 1.29 is 13.5 Å². The van der Waals surface area contributed by atoms with Gasteiger partial charge in [-0.15, -0.1) is 10.2 Å². The third kappa shape index (κ3) is 2.80. The van der Waals surface area contributed by atoms with Crippen LogP contribution in [0.3, 0.4) is 0 Å². The van der Waals surface area contributed by atoms with Crippen molar-refractivity contribution >= 4 is 16.5 Å². The molecule has 18 heavy (non-hydrogen) atoms. The average molecular weight is 271 g/mol. The first kappa shape index (κ1) is 12.8. The van der Waals surface area contributed by atoms with Crippen molar-refractivity contribution in [2.24, 2.45) is 0 Å². The van der Waals surface area contributed by atoms with Crippen LogP contribution in [0.5, 0.6) is 0 Å². The molecule has 1 heterocycles. The summed E-state index contributed by atoms with van der Waals surface area (Å²) in [5.41, 5.74) is 1.36. The van der Waals surface area contributed by atoms with E-state index in [-0.39, 0.29) is 5.56 Å². The van der Waals surface area contributed by atoms with Gasteiger partial charge in [-0.2, -0.15) is 0 Å². The minimum absolute atomic E-state index is 0.158. The SMILES string of the molecule is CCOC(Nc1nncs1)c1c(F)cccc1F. The van der Waals surface area contributed by atoms with Crippen LogP contribution in [0.25, 0.3) is 0 Å². The zero-order chi connectivity index (χ0) is 13.0. The van der Waals surface area contributed by atoms with E-state index in [9.17, 15) is 8.78 Å². The summed E-state index contributed by atoms with van der Waals surface area (Å²) in [5, 5.41) is 10.6. The van der Waals surface area contributed by atoms with E-state index < -0.39 is 17.9 Å². The Morgan fingerprint density at radius 3 is 2.67 bits per heavy atom. The largest absolute Gasteiger partial charge is 0.354 e. The molecule has 4 nitrogen and oxygen atoms in total. The van der Waals surface area contributed by atoms with Gasteiger partial charge in [-0.1, -0.05) is 17.4 Å². The van der Waals surface area contributed by atoms with Crippen molar-refractivity contribution in [3.8, 4) is 0 Å². The monoisotopic (exact) mass is 271 g/mol. The van der Waals surface area contributed by atoms with Crippen molar-refractivity contribution in [2.75, 3.05) is 11.9 Å². The Bertz CT molecular complexity index is 487. The summed E-state index contributed by atoms with van der Waals surface area (Å²) in [6.45, 7) is 2.05. The molecule has 0 saturated heterocycles. The van der Waals surface area contributed by atoms with Gasteiger partial charge >= 0.3 is 0 Å². The molecule has 0 spiro atoms.